The van der Waals surface area contributed by atoms with Crippen LogP contribution in [0.4, 0.5) is 4.39 Å². The quantitative estimate of drug-likeness (QED) is 0.547. The average Bonchev–Trinajstić information content (AvgIpc) is 3.18. The lowest BCUT2D eigenvalue weighted by Gasteiger charge is -2.41. The van der Waals surface area contributed by atoms with E-state index in [0.717, 1.165) is 15.3 Å². The summed E-state index contributed by atoms with van der Waals surface area (Å²) in [6, 6.07) is 10.8. The number of aromatic amines is 1. The second-order valence-electron chi connectivity index (χ2n) is 8.69. The molecule has 0 fully saturated rings. The molecule has 0 radical (unpaired) electrons. The lowest BCUT2D eigenvalue weighted by Crippen LogP contribution is -2.47. The summed E-state index contributed by atoms with van der Waals surface area (Å²) < 4.78 is 47.2. The molecule has 4 rings (SSSR count). The molecule has 2 N–H and O–H groups in total. The van der Waals surface area contributed by atoms with Gasteiger partial charge in [-0.05, 0) is 51.1 Å². The number of ether oxygens (including phenoxy) is 1. The smallest absolute Gasteiger partial charge is 0.235 e. The van der Waals surface area contributed by atoms with Crippen LogP contribution >= 0.6 is 0 Å². The van der Waals surface area contributed by atoms with Crippen molar-refractivity contribution in [3.63, 3.8) is 0 Å². The first-order valence-electron chi connectivity index (χ1n) is 10.8. The van der Waals surface area contributed by atoms with Crippen LogP contribution in [0.5, 0.6) is 5.75 Å². The van der Waals surface area contributed by atoms with Gasteiger partial charge in [-0.25, -0.2) is 17.8 Å². The first-order chi connectivity index (χ1) is 15.6. The van der Waals surface area contributed by atoms with Gasteiger partial charge in [-0.3, -0.25) is 4.79 Å². The Labute approximate surface area is 192 Å². The Hall–Kier alpha value is -2.98. The fourth-order valence-electron chi connectivity index (χ4n) is 4.08. The third-order valence-corrected chi connectivity index (χ3v) is 7.49. The predicted molar refractivity (Wildman–Crippen MR) is 123 cm³/mol. The molecule has 1 aliphatic heterocycles. The van der Waals surface area contributed by atoms with E-state index in [1.54, 1.807) is 0 Å². The second-order valence-corrected chi connectivity index (χ2v) is 10.9. The zero-order valence-electron chi connectivity index (χ0n) is 18.8. The highest BCUT2D eigenvalue weighted by molar-refractivity contribution is 7.89. The first-order valence-corrected chi connectivity index (χ1v) is 12.4. The van der Waals surface area contributed by atoms with Gasteiger partial charge in [-0.15, -0.1) is 0 Å². The number of para-hydroxylation sites is 2. The number of amides is 1. The van der Waals surface area contributed by atoms with E-state index in [1.165, 1.54) is 25.1 Å². The number of rotatable bonds is 7. The number of carbonyl (C=O) groups excluding carboxylic acids is 1. The van der Waals surface area contributed by atoms with Gasteiger partial charge >= 0.3 is 0 Å². The number of nitrogens with one attached hydrogen (secondary N) is 2. The maximum Gasteiger partial charge on any atom is 0.235 e. The number of nitrogens with zero attached hydrogens (tertiary/aromatic N) is 2. The van der Waals surface area contributed by atoms with Gasteiger partial charge in [0.1, 0.15) is 23.0 Å². The molecule has 8 nitrogen and oxygen atoms in total. The van der Waals surface area contributed by atoms with E-state index in [-0.39, 0.29) is 18.7 Å². The second kappa shape index (κ2) is 8.75. The maximum atomic E-state index is 14.0. The summed E-state index contributed by atoms with van der Waals surface area (Å²) in [7, 11) is -3.79. The van der Waals surface area contributed by atoms with Gasteiger partial charge in [0.2, 0.25) is 15.9 Å². The molecule has 1 aromatic heterocycles. The molecule has 1 atom stereocenters. The molecule has 0 saturated heterocycles. The summed E-state index contributed by atoms with van der Waals surface area (Å²) in [6.07, 6.45) is 0.277. The first kappa shape index (κ1) is 23.2. The van der Waals surface area contributed by atoms with Crippen molar-refractivity contribution in [2.75, 3.05) is 12.3 Å². The van der Waals surface area contributed by atoms with Crippen LogP contribution in [0.25, 0.3) is 11.0 Å². The number of benzene rings is 2. The van der Waals surface area contributed by atoms with E-state index >= 15 is 0 Å². The van der Waals surface area contributed by atoms with Crippen molar-refractivity contribution in [2.24, 2.45) is 0 Å². The van der Waals surface area contributed by atoms with Gasteiger partial charge in [0.15, 0.2) is 0 Å². The number of aromatic nitrogens is 2. The number of carbonyl (C=O) groups is 1. The Morgan fingerprint density at radius 3 is 2.79 bits per heavy atom. The summed E-state index contributed by atoms with van der Waals surface area (Å²) in [5, 5.41) is 2.74. The molecule has 176 valence electrons. The minimum absolute atomic E-state index is 0.123. The number of H-pyrrole nitrogens is 1. The molecule has 0 aliphatic carbocycles. The summed E-state index contributed by atoms with van der Waals surface area (Å²) in [4.78, 5) is 20.4. The predicted octanol–water partition coefficient (Wildman–Crippen LogP) is 3.27. The SMILES string of the molecule is CCS(=O)(=O)N(CC(=O)NCc1nc2ccccc2[nH]1)C1CC(C)(C)Oc2ccc(F)cc21. The molecule has 33 heavy (non-hydrogen) atoms. The molecule has 1 amide bonds. The molecule has 2 aromatic carbocycles. The van der Waals surface area contributed by atoms with Crippen molar-refractivity contribution in [3.05, 3.63) is 59.7 Å². The molecule has 2 heterocycles. The zero-order chi connectivity index (χ0) is 23.8. The van der Waals surface area contributed by atoms with Crippen LogP contribution in [0.1, 0.15) is 44.6 Å². The summed E-state index contributed by atoms with van der Waals surface area (Å²) in [5.41, 5.74) is 1.35. The highest BCUT2D eigenvalue weighted by Gasteiger charge is 2.41. The average molecular weight is 475 g/mol. The number of imidazole rings is 1. The third-order valence-electron chi connectivity index (χ3n) is 5.66. The Morgan fingerprint density at radius 1 is 1.30 bits per heavy atom. The number of hydrogen-bond acceptors (Lipinski definition) is 5. The molecule has 0 spiro atoms. The van der Waals surface area contributed by atoms with E-state index in [4.69, 9.17) is 4.74 Å². The Balaban J connectivity index is 1.58. The van der Waals surface area contributed by atoms with Crippen LogP contribution < -0.4 is 10.1 Å². The lowest BCUT2D eigenvalue weighted by atomic mass is 9.89. The number of halogens is 1. The fourth-order valence-corrected chi connectivity index (χ4v) is 5.30. The van der Waals surface area contributed by atoms with Crippen molar-refractivity contribution in [1.82, 2.24) is 19.6 Å². The van der Waals surface area contributed by atoms with Crippen LogP contribution in [0.3, 0.4) is 0 Å². The monoisotopic (exact) mass is 474 g/mol. The fraction of sp³-hybridized carbons (Fsp3) is 0.391. The maximum absolute atomic E-state index is 14.0. The van der Waals surface area contributed by atoms with Gasteiger partial charge in [0, 0.05) is 12.0 Å². The molecule has 10 heteroatoms. The minimum Gasteiger partial charge on any atom is -0.487 e. The zero-order valence-corrected chi connectivity index (χ0v) is 19.6. The molecule has 0 saturated carbocycles. The lowest BCUT2D eigenvalue weighted by molar-refractivity contribution is -0.122. The number of hydrogen-bond donors (Lipinski definition) is 2. The number of fused-ring (bicyclic) bond motifs is 2. The van der Waals surface area contributed by atoms with E-state index in [0.29, 0.717) is 17.1 Å². The summed E-state index contributed by atoms with van der Waals surface area (Å²) in [6.45, 7) is 4.92. The van der Waals surface area contributed by atoms with Crippen LogP contribution in [-0.4, -0.2) is 46.5 Å². The standard InChI is InChI=1S/C23H27FN4O4S/c1-4-33(30,31)28(19-12-23(2,3)32-20-10-9-15(24)11-16(19)20)14-22(29)25-13-21-26-17-7-5-6-8-18(17)27-21/h5-11,19H,4,12-14H2,1-3H3,(H,25,29)(H,26,27). The van der Waals surface area contributed by atoms with Gasteiger partial charge in [-0.1, -0.05) is 12.1 Å². The highest BCUT2D eigenvalue weighted by Crippen LogP contribution is 2.43. The Morgan fingerprint density at radius 2 is 2.06 bits per heavy atom. The van der Waals surface area contributed by atoms with Crippen LogP contribution in [-0.2, 0) is 21.4 Å². The van der Waals surface area contributed by atoms with Crippen molar-refractivity contribution in [3.8, 4) is 5.75 Å². The molecule has 0 bridgehead atoms. The molecule has 3 aromatic rings. The largest absolute Gasteiger partial charge is 0.487 e. The van der Waals surface area contributed by atoms with E-state index < -0.39 is 39.9 Å². The van der Waals surface area contributed by atoms with Crippen LogP contribution in [0, 0.1) is 5.82 Å². The van der Waals surface area contributed by atoms with Crippen molar-refractivity contribution < 1.29 is 22.3 Å². The van der Waals surface area contributed by atoms with Gasteiger partial charge in [0.05, 0.1) is 35.9 Å². The Kier molecular flexibility index (Phi) is 6.15. The number of sulfonamides is 1. The van der Waals surface area contributed by atoms with Crippen LogP contribution in [0.15, 0.2) is 42.5 Å². The van der Waals surface area contributed by atoms with Gasteiger partial charge in [-0.2, -0.15) is 4.31 Å². The normalized spacial score (nSPS) is 17.5. The molecular weight excluding hydrogens is 447 g/mol. The molecule has 1 aliphatic rings. The van der Waals surface area contributed by atoms with Crippen molar-refractivity contribution >= 4 is 27.0 Å². The van der Waals surface area contributed by atoms with Gasteiger partial charge < -0.3 is 15.0 Å². The molecule has 1 unspecified atom stereocenters. The topological polar surface area (TPSA) is 104 Å². The van der Waals surface area contributed by atoms with Crippen LogP contribution in [0.2, 0.25) is 0 Å². The summed E-state index contributed by atoms with van der Waals surface area (Å²) >= 11 is 0. The molecular formula is C23H27FN4O4S. The van der Waals surface area contributed by atoms with E-state index in [2.05, 4.69) is 15.3 Å². The highest BCUT2D eigenvalue weighted by atomic mass is 32.2. The summed E-state index contributed by atoms with van der Waals surface area (Å²) in [5.74, 6) is -0.183. The Bertz CT molecular complexity index is 1260. The minimum atomic E-state index is -3.79. The van der Waals surface area contributed by atoms with Crippen molar-refractivity contribution in [1.29, 1.82) is 0 Å². The van der Waals surface area contributed by atoms with Gasteiger partial charge in [0.25, 0.3) is 0 Å². The third kappa shape index (κ3) is 5.01. The van der Waals surface area contributed by atoms with E-state index in [9.17, 15) is 17.6 Å². The van der Waals surface area contributed by atoms with E-state index in [1.807, 2.05) is 38.1 Å². The van der Waals surface area contributed by atoms with Crippen molar-refractivity contribution in [2.45, 2.75) is 45.4 Å².